The van der Waals surface area contributed by atoms with Crippen molar-refractivity contribution < 1.29 is 9.53 Å². The molecule has 0 aromatic rings. The van der Waals surface area contributed by atoms with Crippen molar-refractivity contribution in [2.45, 2.75) is 65.0 Å². The van der Waals surface area contributed by atoms with Crippen LogP contribution in [0.3, 0.4) is 0 Å². The number of amides is 1. The number of hydrogen-bond donors (Lipinski definition) is 0. The van der Waals surface area contributed by atoms with Gasteiger partial charge in [0, 0.05) is 71.0 Å². The van der Waals surface area contributed by atoms with Crippen molar-refractivity contribution in [2.24, 2.45) is 5.41 Å². The molecule has 0 saturated carbocycles. The number of nitrogens with zero attached hydrogens (tertiary/aromatic N) is 3. The van der Waals surface area contributed by atoms with E-state index in [0.29, 0.717) is 18.4 Å². The first-order chi connectivity index (χ1) is 11.9. The van der Waals surface area contributed by atoms with Gasteiger partial charge in [-0.1, -0.05) is 20.8 Å². The van der Waals surface area contributed by atoms with Gasteiger partial charge >= 0.3 is 0 Å². The molecule has 0 bridgehead atoms. The average molecular weight is 352 g/mol. The van der Waals surface area contributed by atoms with Crippen LogP contribution in [0, 0.1) is 5.41 Å². The summed E-state index contributed by atoms with van der Waals surface area (Å²) in [4.78, 5) is 19.9. The Balaban J connectivity index is 1.40. The summed E-state index contributed by atoms with van der Waals surface area (Å²) in [5.41, 5.74) is 0.0917. The normalized spacial score (nSPS) is 26.1. The molecular weight excluding hydrogens is 314 g/mol. The Kier molecular flexibility index (Phi) is 6.39. The predicted octanol–water partition coefficient (Wildman–Crippen LogP) is 2.21. The van der Waals surface area contributed by atoms with Gasteiger partial charge in [-0.3, -0.25) is 14.6 Å². The molecule has 0 N–H and O–H groups in total. The molecule has 25 heavy (non-hydrogen) atoms. The number of carbonyl (C=O) groups is 1. The highest BCUT2D eigenvalue weighted by atomic mass is 16.5. The topological polar surface area (TPSA) is 36.0 Å². The number of hydrogen-bond acceptors (Lipinski definition) is 4. The average Bonchev–Trinajstić information content (AvgIpc) is 2.61. The number of likely N-dealkylation sites (tertiary alicyclic amines) is 1. The molecule has 0 spiro atoms. The highest BCUT2D eigenvalue weighted by molar-refractivity contribution is 5.76. The number of piperazine rings is 1. The maximum Gasteiger partial charge on any atom is 0.223 e. The summed E-state index contributed by atoms with van der Waals surface area (Å²) < 4.78 is 5.50. The Labute approximate surface area is 153 Å². The summed E-state index contributed by atoms with van der Waals surface area (Å²) in [5.74, 6) is 0.343. The summed E-state index contributed by atoms with van der Waals surface area (Å²) >= 11 is 0. The third kappa shape index (κ3) is 5.41. The zero-order valence-corrected chi connectivity index (χ0v) is 16.5. The predicted molar refractivity (Wildman–Crippen MR) is 101 cm³/mol. The van der Waals surface area contributed by atoms with Crippen molar-refractivity contribution in [1.82, 2.24) is 14.7 Å². The van der Waals surface area contributed by atoms with Gasteiger partial charge in [0.2, 0.25) is 5.91 Å². The molecule has 144 valence electrons. The molecule has 3 saturated heterocycles. The molecule has 0 aliphatic carbocycles. The third-order valence-corrected chi connectivity index (χ3v) is 6.07. The van der Waals surface area contributed by atoms with E-state index in [9.17, 15) is 4.79 Å². The quantitative estimate of drug-likeness (QED) is 0.781. The van der Waals surface area contributed by atoms with E-state index in [2.05, 4.69) is 35.5 Å². The molecule has 5 heteroatoms. The molecule has 0 unspecified atom stereocenters. The Morgan fingerprint density at radius 2 is 1.32 bits per heavy atom. The summed E-state index contributed by atoms with van der Waals surface area (Å²) in [6.07, 6.45) is 5.37. The van der Waals surface area contributed by atoms with E-state index < -0.39 is 0 Å². The fourth-order valence-electron chi connectivity index (χ4n) is 4.56. The van der Waals surface area contributed by atoms with E-state index in [-0.39, 0.29) is 5.41 Å². The zero-order chi connectivity index (χ0) is 17.9. The van der Waals surface area contributed by atoms with Gasteiger partial charge in [-0.05, 0) is 31.1 Å². The van der Waals surface area contributed by atoms with Gasteiger partial charge in [-0.15, -0.1) is 0 Å². The molecule has 3 heterocycles. The molecule has 3 fully saturated rings. The van der Waals surface area contributed by atoms with Crippen LogP contribution in [-0.2, 0) is 9.53 Å². The molecule has 1 amide bonds. The summed E-state index contributed by atoms with van der Waals surface area (Å²) in [6.45, 7) is 15.0. The van der Waals surface area contributed by atoms with Crippen molar-refractivity contribution >= 4 is 5.91 Å². The lowest BCUT2D eigenvalue weighted by molar-refractivity contribution is -0.134. The van der Waals surface area contributed by atoms with E-state index in [4.69, 9.17) is 4.74 Å². The second kappa shape index (κ2) is 8.36. The maximum atomic E-state index is 12.4. The van der Waals surface area contributed by atoms with Crippen LogP contribution in [0.2, 0.25) is 0 Å². The second-order valence-corrected chi connectivity index (χ2v) is 9.26. The molecule has 5 nitrogen and oxygen atoms in total. The first-order valence-corrected chi connectivity index (χ1v) is 10.3. The van der Waals surface area contributed by atoms with Crippen LogP contribution in [0.15, 0.2) is 0 Å². The molecule has 0 aromatic carbocycles. The number of ether oxygens (including phenoxy) is 1. The molecule has 3 rings (SSSR count). The zero-order valence-electron chi connectivity index (χ0n) is 16.5. The molecule has 0 atom stereocenters. The minimum Gasteiger partial charge on any atom is -0.381 e. The Hall–Kier alpha value is -0.650. The van der Waals surface area contributed by atoms with Gasteiger partial charge in [0.1, 0.15) is 0 Å². The van der Waals surface area contributed by atoms with E-state index in [1.165, 1.54) is 39.0 Å². The van der Waals surface area contributed by atoms with Crippen molar-refractivity contribution in [2.75, 3.05) is 52.5 Å². The van der Waals surface area contributed by atoms with Gasteiger partial charge in [-0.25, -0.2) is 0 Å². The highest BCUT2D eigenvalue weighted by Gasteiger charge is 2.32. The first-order valence-electron chi connectivity index (χ1n) is 10.3. The standard InChI is InChI=1S/C20H37N3O2/c1-20(2,3)16-19(24)23-8-4-17(5-9-23)21-10-12-22(13-11-21)18-6-14-25-15-7-18/h17-18H,4-16H2,1-3H3. The van der Waals surface area contributed by atoms with Gasteiger partial charge in [-0.2, -0.15) is 0 Å². The van der Waals surface area contributed by atoms with Gasteiger partial charge < -0.3 is 9.64 Å². The lowest BCUT2D eigenvalue weighted by atomic mass is 9.91. The lowest BCUT2D eigenvalue weighted by Gasteiger charge is -2.45. The van der Waals surface area contributed by atoms with Crippen LogP contribution in [0.1, 0.15) is 52.9 Å². The van der Waals surface area contributed by atoms with Crippen LogP contribution in [-0.4, -0.2) is 85.2 Å². The molecule has 3 aliphatic heterocycles. The van der Waals surface area contributed by atoms with Gasteiger partial charge in [0.15, 0.2) is 0 Å². The van der Waals surface area contributed by atoms with Gasteiger partial charge in [0.05, 0.1) is 0 Å². The van der Waals surface area contributed by atoms with E-state index in [1.54, 1.807) is 0 Å². The maximum absolute atomic E-state index is 12.4. The van der Waals surface area contributed by atoms with Crippen LogP contribution in [0.25, 0.3) is 0 Å². The largest absolute Gasteiger partial charge is 0.381 e. The number of piperidine rings is 1. The molecule has 3 aliphatic rings. The number of rotatable bonds is 3. The van der Waals surface area contributed by atoms with E-state index in [0.717, 1.165) is 45.2 Å². The Bertz CT molecular complexity index is 427. The Morgan fingerprint density at radius 3 is 1.80 bits per heavy atom. The SMILES string of the molecule is CC(C)(C)CC(=O)N1CCC(N2CCN(C3CCOCC3)CC2)CC1. The second-order valence-electron chi connectivity index (χ2n) is 9.26. The van der Waals surface area contributed by atoms with Crippen LogP contribution in [0.4, 0.5) is 0 Å². The molecule has 0 radical (unpaired) electrons. The summed E-state index contributed by atoms with van der Waals surface area (Å²) in [5, 5.41) is 0. The third-order valence-electron chi connectivity index (χ3n) is 6.07. The Morgan fingerprint density at radius 1 is 0.840 bits per heavy atom. The monoisotopic (exact) mass is 351 g/mol. The van der Waals surface area contributed by atoms with Crippen molar-refractivity contribution in [3.8, 4) is 0 Å². The molecule has 0 aromatic heterocycles. The van der Waals surface area contributed by atoms with Crippen molar-refractivity contribution in [3.05, 3.63) is 0 Å². The smallest absolute Gasteiger partial charge is 0.223 e. The van der Waals surface area contributed by atoms with Crippen LogP contribution >= 0.6 is 0 Å². The van der Waals surface area contributed by atoms with E-state index >= 15 is 0 Å². The summed E-state index contributed by atoms with van der Waals surface area (Å²) in [7, 11) is 0. The minimum atomic E-state index is 0.0917. The van der Waals surface area contributed by atoms with E-state index in [1.807, 2.05) is 0 Å². The number of carbonyl (C=O) groups excluding carboxylic acids is 1. The molecular formula is C20H37N3O2. The van der Waals surface area contributed by atoms with Crippen LogP contribution < -0.4 is 0 Å². The van der Waals surface area contributed by atoms with Crippen LogP contribution in [0.5, 0.6) is 0 Å². The lowest BCUT2D eigenvalue weighted by Crippen LogP contribution is -2.56. The van der Waals surface area contributed by atoms with Gasteiger partial charge in [0.25, 0.3) is 0 Å². The first kappa shape index (κ1) is 19.1. The van der Waals surface area contributed by atoms with Crippen molar-refractivity contribution in [3.63, 3.8) is 0 Å². The summed E-state index contributed by atoms with van der Waals surface area (Å²) in [6, 6.07) is 1.42. The highest BCUT2D eigenvalue weighted by Crippen LogP contribution is 2.24. The van der Waals surface area contributed by atoms with Crippen molar-refractivity contribution in [1.29, 1.82) is 0 Å². The fraction of sp³-hybridized carbons (Fsp3) is 0.950. The fourth-order valence-corrected chi connectivity index (χ4v) is 4.56. The minimum absolute atomic E-state index is 0.0917.